The Balaban J connectivity index is 2.20. The summed E-state index contributed by atoms with van der Waals surface area (Å²) in [7, 11) is 1.67. The summed E-state index contributed by atoms with van der Waals surface area (Å²) in [6, 6.07) is 9.83. The van der Waals surface area contributed by atoms with Gasteiger partial charge in [-0.1, -0.05) is 6.92 Å². The number of hydrogen-bond donors (Lipinski definition) is 0. The highest BCUT2D eigenvalue weighted by Gasteiger charge is 2.14. The fourth-order valence-electron chi connectivity index (χ4n) is 2.38. The molecule has 5 heteroatoms. The highest BCUT2D eigenvalue weighted by Crippen LogP contribution is 2.33. The van der Waals surface area contributed by atoms with Crippen LogP contribution in [-0.4, -0.2) is 16.7 Å². The second kappa shape index (κ2) is 5.58. The normalized spacial score (nSPS) is 10.7. The smallest absolute Gasteiger partial charge is 0.151 e. The molecule has 3 rings (SSSR count). The monoisotopic (exact) mass is 297 g/mol. The summed E-state index contributed by atoms with van der Waals surface area (Å²) >= 11 is 1.62. The maximum atomic E-state index is 9.03. The van der Waals surface area contributed by atoms with E-state index in [4.69, 9.17) is 15.0 Å². The van der Waals surface area contributed by atoms with E-state index in [1.165, 1.54) is 0 Å². The number of aromatic nitrogens is 2. The molecule has 106 valence electrons. The molecule has 0 unspecified atom stereocenters. The van der Waals surface area contributed by atoms with Crippen molar-refractivity contribution in [3.8, 4) is 22.5 Å². The van der Waals surface area contributed by atoms with Crippen molar-refractivity contribution in [2.24, 2.45) is 0 Å². The first-order valence-corrected chi connectivity index (χ1v) is 7.68. The van der Waals surface area contributed by atoms with E-state index in [1.54, 1.807) is 18.4 Å². The molecule has 3 aromatic rings. The molecule has 0 aliphatic heterocycles. The number of hydrogen-bond acceptors (Lipinski definition) is 4. The van der Waals surface area contributed by atoms with Gasteiger partial charge in [-0.15, -0.1) is 11.3 Å². The molecule has 0 fully saturated rings. The molecule has 1 aromatic carbocycles. The molecule has 4 nitrogen and oxygen atoms in total. The van der Waals surface area contributed by atoms with Crippen LogP contribution in [0.5, 0.6) is 5.75 Å². The lowest BCUT2D eigenvalue weighted by atomic mass is 10.2. The van der Waals surface area contributed by atoms with Gasteiger partial charge in [-0.25, -0.2) is 4.98 Å². The first-order valence-electron chi connectivity index (χ1n) is 6.80. The molecule has 0 radical (unpaired) electrons. The van der Waals surface area contributed by atoms with Crippen molar-refractivity contribution in [2.45, 2.75) is 19.9 Å². The molecular formula is C16H15N3OS. The number of nitrogens with zero attached hydrogens (tertiary/aromatic N) is 3. The molecule has 0 bridgehead atoms. The van der Waals surface area contributed by atoms with E-state index in [1.807, 2.05) is 29.6 Å². The summed E-state index contributed by atoms with van der Waals surface area (Å²) in [5, 5.41) is 11.0. The molecule has 0 atom stereocenters. The summed E-state index contributed by atoms with van der Waals surface area (Å²) in [6.07, 6.45) is 1.03. The summed E-state index contributed by atoms with van der Waals surface area (Å²) < 4.78 is 7.47. The molecule has 0 saturated carbocycles. The zero-order valence-corrected chi connectivity index (χ0v) is 12.8. The number of methoxy groups -OCH3 is 1. The van der Waals surface area contributed by atoms with Gasteiger partial charge in [-0.05, 0) is 24.6 Å². The SMILES string of the molecule is CCCn1c(-c2cc(OC)cs2)nc2cc(C#N)ccc21. The van der Waals surface area contributed by atoms with E-state index >= 15 is 0 Å². The third kappa shape index (κ3) is 2.39. The molecule has 0 amide bonds. The molecule has 21 heavy (non-hydrogen) atoms. The van der Waals surface area contributed by atoms with Crippen LogP contribution in [0.3, 0.4) is 0 Å². The quantitative estimate of drug-likeness (QED) is 0.730. The second-order valence-electron chi connectivity index (χ2n) is 4.75. The van der Waals surface area contributed by atoms with Gasteiger partial charge in [0.05, 0.1) is 34.7 Å². The Hall–Kier alpha value is -2.32. The average Bonchev–Trinajstić information content (AvgIpc) is 3.11. The fraction of sp³-hybridized carbons (Fsp3) is 0.250. The number of aryl methyl sites for hydroxylation is 1. The minimum atomic E-state index is 0.638. The largest absolute Gasteiger partial charge is 0.496 e. The van der Waals surface area contributed by atoms with Gasteiger partial charge in [0.15, 0.2) is 5.82 Å². The first kappa shape index (κ1) is 13.7. The number of thiophene rings is 1. The van der Waals surface area contributed by atoms with Crippen LogP contribution in [0.4, 0.5) is 0 Å². The van der Waals surface area contributed by atoms with Gasteiger partial charge in [-0.3, -0.25) is 0 Å². The molecule has 0 saturated heterocycles. The average molecular weight is 297 g/mol. The second-order valence-corrected chi connectivity index (χ2v) is 5.66. The number of benzene rings is 1. The summed E-state index contributed by atoms with van der Waals surface area (Å²) in [6.45, 7) is 3.05. The van der Waals surface area contributed by atoms with Gasteiger partial charge in [0.1, 0.15) is 5.75 Å². The van der Waals surface area contributed by atoms with Crippen molar-refractivity contribution in [3.63, 3.8) is 0 Å². The molecule has 0 spiro atoms. The van der Waals surface area contributed by atoms with Crippen LogP contribution in [0.15, 0.2) is 29.6 Å². The van der Waals surface area contributed by atoms with Crippen LogP contribution in [0.2, 0.25) is 0 Å². The standard InChI is InChI=1S/C16H15N3OS/c1-3-6-19-14-5-4-11(9-17)7-13(14)18-16(19)15-8-12(20-2)10-21-15/h4-5,7-8,10H,3,6H2,1-2H3. The number of nitriles is 1. The summed E-state index contributed by atoms with van der Waals surface area (Å²) in [5.41, 5.74) is 2.57. The van der Waals surface area contributed by atoms with Crippen molar-refractivity contribution in [1.82, 2.24) is 9.55 Å². The maximum Gasteiger partial charge on any atom is 0.151 e. The highest BCUT2D eigenvalue weighted by atomic mass is 32.1. The zero-order chi connectivity index (χ0) is 14.8. The van der Waals surface area contributed by atoms with Crippen molar-refractivity contribution in [3.05, 3.63) is 35.2 Å². The van der Waals surface area contributed by atoms with Crippen LogP contribution in [-0.2, 0) is 6.54 Å². The Kier molecular flexibility index (Phi) is 3.63. The Morgan fingerprint density at radius 1 is 1.38 bits per heavy atom. The molecule has 0 aliphatic rings. The third-order valence-corrected chi connectivity index (χ3v) is 4.26. The summed E-state index contributed by atoms with van der Waals surface area (Å²) in [4.78, 5) is 5.80. The van der Waals surface area contributed by atoms with Crippen molar-refractivity contribution in [1.29, 1.82) is 5.26 Å². The van der Waals surface area contributed by atoms with E-state index in [0.29, 0.717) is 5.56 Å². The van der Waals surface area contributed by atoms with Gasteiger partial charge in [0, 0.05) is 18.0 Å². The Labute approximate surface area is 127 Å². The van der Waals surface area contributed by atoms with Gasteiger partial charge in [0.25, 0.3) is 0 Å². The topological polar surface area (TPSA) is 50.8 Å². The molecule has 0 aliphatic carbocycles. The number of fused-ring (bicyclic) bond motifs is 1. The minimum Gasteiger partial charge on any atom is -0.496 e. The van der Waals surface area contributed by atoms with E-state index < -0.39 is 0 Å². The predicted octanol–water partition coefficient (Wildman–Crippen LogP) is 4.06. The molecule has 0 N–H and O–H groups in total. The predicted molar refractivity (Wildman–Crippen MR) is 84.6 cm³/mol. The first-order chi connectivity index (χ1) is 10.3. The van der Waals surface area contributed by atoms with Crippen LogP contribution >= 0.6 is 11.3 Å². The van der Waals surface area contributed by atoms with E-state index in [-0.39, 0.29) is 0 Å². The highest BCUT2D eigenvalue weighted by molar-refractivity contribution is 7.13. The lowest BCUT2D eigenvalue weighted by Crippen LogP contribution is -1.98. The van der Waals surface area contributed by atoms with Gasteiger partial charge in [0.2, 0.25) is 0 Å². The molecule has 2 aromatic heterocycles. The fourth-order valence-corrected chi connectivity index (χ4v) is 3.23. The van der Waals surface area contributed by atoms with Gasteiger partial charge < -0.3 is 9.30 Å². The Morgan fingerprint density at radius 2 is 2.24 bits per heavy atom. The van der Waals surface area contributed by atoms with E-state index in [0.717, 1.165) is 40.5 Å². The van der Waals surface area contributed by atoms with E-state index in [9.17, 15) is 0 Å². The van der Waals surface area contributed by atoms with Crippen LogP contribution in [0, 0.1) is 11.3 Å². The molecular weight excluding hydrogens is 282 g/mol. The van der Waals surface area contributed by atoms with Crippen LogP contribution in [0.25, 0.3) is 21.7 Å². The van der Waals surface area contributed by atoms with Crippen molar-refractivity contribution >= 4 is 22.4 Å². The third-order valence-electron chi connectivity index (χ3n) is 3.36. The van der Waals surface area contributed by atoms with Crippen molar-refractivity contribution in [2.75, 3.05) is 7.11 Å². The number of imidazole rings is 1. The number of rotatable bonds is 4. The van der Waals surface area contributed by atoms with Crippen molar-refractivity contribution < 1.29 is 4.74 Å². The minimum absolute atomic E-state index is 0.638. The van der Waals surface area contributed by atoms with Gasteiger partial charge in [-0.2, -0.15) is 5.26 Å². The summed E-state index contributed by atoms with van der Waals surface area (Å²) in [5.74, 6) is 1.79. The van der Waals surface area contributed by atoms with Crippen LogP contribution in [0.1, 0.15) is 18.9 Å². The zero-order valence-electron chi connectivity index (χ0n) is 12.0. The Morgan fingerprint density at radius 3 is 2.90 bits per heavy atom. The lowest BCUT2D eigenvalue weighted by Gasteiger charge is -2.05. The Bertz CT molecular complexity index is 826. The van der Waals surface area contributed by atoms with E-state index in [2.05, 4.69) is 17.6 Å². The van der Waals surface area contributed by atoms with Gasteiger partial charge >= 0.3 is 0 Å². The molecule has 2 heterocycles. The lowest BCUT2D eigenvalue weighted by molar-refractivity contribution is 0.417. The van der Waals surface area contributed by atoms with Crippen LogP contribution < -0.4 is 4.74 Å². The number of ether oxygens (including phenoxy) is 1. The maximum absolute atomic E-state index is 9.03.